The summed E-state index contributed by atoms with van der Waals surface area (Å²) in [6.07, 6.45) is 0. The Morgan fingerprint density at radius 2 is 2.18 bits per heavy atom. The zero-order chi connectivity index (χ0) is 8.43. The molecule has 0 spiro atoms. The number of aromatic hydroxyl groups is 1. The molecule has 0 aliphatic rings. The number of halogens is 1. The lowest BCUT2D eigenvalue weighted by molar-refractivity contribution is 0.427. The third-order valence-corrected chi connectivity index (χ3v) is 1.54. The highest BCUT2D eigenvalue weighted by Gasteiger charge is 2.08. The van der Waals surface area contributed by atoms with E-state index in [4.69, 9.17) is 5.11 Å². The fourth-order valence-corrected chi connectivity index (χ4v) is 0.918. The summed E-state index contributed by atoms with van der Waals surface area (Å²) in [5.74, 6) is -1.00. The molecule has 0 fully saturated rings. The molecular weight excluding hydrogens is 143 g/mol. The van der Waals surface area contributed by atoms with E-state index in [1.807, 2.05) is 0 Å². The predicted octanol–water partition coefficient (Wildman–Crippen LogP) is 2.47. The molecule has 1 aromatic rings. The molecule has 0 aliphatic carbocycles. The molecule has 1 rings (SSSR count). The van der Waals surface area contributed by atoms with Gasteiger partial charge in [-0.1, -0.05) is 19.1 Å². The van der Waals surface area contributed by atoms with E-state index in [1.165, 1.54) is 6.07 Å². The highest BCUT2D eigenvalue weighted by molar-refractivity contribution is 5.32. The van der Waals surface area contributed by atoms with Crippen molar-refractivity contribution in [3.8, 4) is 5.75 Å². The predicted molar refractivity (Wildman–Crippen MR) is 41.8 cm³/mol. The number of rotatable bonds is 1. The van der Waals surface area contributed by atoms with Gasteiger partial charge in [0.1, 0.15) is 0 Å². The van der Waals surface area contributed by atoms with E-state index in [2.05, 4.69) is 6.92 Å². The van der Waals surface area contributed by atoms with Crippen LogP contribution in [-0.2, 0) is 0 Å². The monoisotopic (exact) mass is 153 g/mol. The second-order valence-corrected chi connectivity index (χ2v) is 2.58. The first-order chi connectivity index (χ1) is 5.13. The Hall–Kier alpha value is -1.05. The number of phenols is 1. The van der Waals surface area contributed by atoms with Gasteiger partial charge in [-0.2, -0.15) is 0 Å². The minimum absolute atomic E-state index is 0.137. The van der Waals surface area contributed by atoms with Gasteiger partial charge < -0.3 is 5.11 Å². The molecular formula is C9H10FO. The van der Waals surface area contributed by atoms with E-state index in [9.17, 15) is 4.39 Å². The van der Waals surface area contributed by atoms with Crippen LogP contribution in [0, 0.1) is 12.7 Å². The summed E-state index contributed by atoms with van der Waals surface area (Å²) in [5, 5.41) is 8.95. The lowest BCUT2D eigenvalue weighted by Gasteiger charge is -2.06. The maximum absolute atomic E-state index is 13.0. The summed E-state index contributed by atoms with van der Waals surface area (Å²) in [6, 6.07) is 4.54. The van der Waals surface area contributed by atoms with Gasteiger partial charge in [-0.3, -0.25) is 0 Å². The lowest BCUT2D eigenvalue weighted by Crippen LogP contribution is -1.92. The van der Waals surface area contributed by atoms with E-state index >= 15 is 0 Å². The maximum atomic E-state index is 13.0. The van der Waals surface area contributed by atoms with E-state index in [0.29, 0.717) is 5.56 Å². The maximum Gasteiger partial charge on any atom is 0.168 e. The third kappa shape index (κ3) is 1.50. The zero-order valence-corrected chi connectivity index (χ0v) is 6.34. The largest absolute Gasteiger partial charge is 0.505 e. The first kappa shape index (κ1) is 8.05. The average molecular weight is 153 g/mol. The van der Waals surface area contributed by atoms with Gasteiger partial charge in [0.15, 0.2) is 11.6 Å². The molecule has 1 aromatic carbocycles. The van der Waals surface area contributed by atoms with Crippen molar-refractivity contribution < 1.29 is 9.50 Å². The van der Waals surface area contributed by atoms with E-state index < -0.39 is 5.82 Å². The zero-order valence-electron chi connectivity index (χ0n) is 6.34. The number of hydrogen-bond acceptors (Lipinski definition) is 1. The Morgan fingerprint density at radius 1 is 1.55 bits per heavy atom. The summed E-state index contributed by atoms with van der Waals surface area (Å²) < 4.78 is 13.0. The second-order valence-electron chi connectivity index (χ2n) is 2.58. The van der Waals surface area contributed by atoms with E-state index in [-0.39, 0.29) is 11.7 Å². The van der Waals surface area contributed by atoms with Crippen LogP contribution < -0.4 is 0 Å². The molecule has 59 valence electrons. The molecule has 1 nitrogen and oxygen atoms in total. The van der Waals surface area contributed by atoms with Crippen molar-refractivity contribution in [2.24, 2.45) is 0 Å². The second kappa shape index (κ2) is 2.91. The molecule has 1 N–H and O–H groups in total. The van der Waals surface area contributed by atoms with Crippen LogP contribution in [-0.4, -0.2) is 5.11 Å². The number of phenolic OH excluding ortho intramolecular Hbond substituents is 1. The van der Waals surface area contributed by atoms with E-state index in [0.717, 1.165) is 0 Å². The van der Waals surface area contributed by atoms with Crippen LogP contribution in [0.1, 0.15) is 18.4 Å². The molecule has 0 aromatic heterocycles. The summed E-state index contributed by atoms with van der Waals surface area (Å²) in [7, 11) is 0. The van der Waals surface area contributed by atoms with Crippen LogP contribution in [0.15, 0.2) is 18.2 Å². The molecule has 0 amide bonds. The van der Waals surface area contributed by atoms with Crippen LogP contribution in [0.3, 0.4) is 0 Å². The molecule has 1 atom stereocenters. The number of benzene rings is 1. The third-order valence-electron chi connectivity index (χ3n) is 1.54. The van der Waals surface area contributed by atoms with Gasteiger partial charge in [-0.05, 0) is 24.5 Å². The van der Waals surface area contributed by atoms with Crippen molar-refractivity contribution in [3.05, 3.63) is 36.5 Å². The molecule has 2 heteroatoms. The summed E-state index contributed by atoms with van der Waals surface area (Å²) in [4.78, 5) is 0. The lowest BCUT2D eigenvalue weighted by atomic mass is 10.0. The SMILES string of the molecule is [CH2]C(C)c1cccc(O)c1F. The molecule has 0 bridgehead atoms. The van der Waals surface area contributed by atoms with Crippen LogP contribution >= 0.6 is 0 Å². The van der Waals surface area contributed by atoms with Gasteiger partial charge in [0.25, 0.3) is 0 Å². The fraction of sp³-hybridized carbons (Fsp3) is 0.222. The van der Waals surface area contributed by atoms with Crippen LogP contribution in [0.4, 0.5) is 4.39 Å². The van der Waals surface area contributed by atoms with Gasteiger partial charge in [0.2, 0.25) is 0 Å². The van der Waals surface area contributed by atoms with Crippen molar-refractivity contribution in [2.45, 2.75) is 12.8 Å². The molecule has 0 heterocycles. The quantitative estimate of drug-likeness (QED) is 0.657. The molecule has 11 heavy (non-hydrogen) atoms. The summed E-state index contributed by atoms with van der Waals surface area (Å²) in [6.45, 7) is 5.44. The Labute approximate surface area is 65.5 Å². The smallest absolute Gasteiger partial charge is 0.168 e. The number of hydrogen-bond donors (Lipinski definition) is 1. The Morgan fingerprint density at radius 3 is 2.64 bits per heavy atom. The van der Waals surface area contributed by atoms with Crippen LogP contribution in [0.2, 0.25) is 0 Å². The topological polar surface area (TPSA) is 20.2 Å². The minimum atomic E-state index is -0.560. The molecule has 0 saturated carbocycles. The molecule has 1 radical (unpaired) electrons. The average Bonchev–Trinajstić information content (AvgIpc) is 1.94. The first-order valence-electron chi connectivity index (χ1n) is 3.43. The Kier molecular flexibility index (Phi) is 2.13. The Balaban J connectivity index is 3.17. The molecule has 0 saturated heterocycles. The van der Waals surface area contributed by atoms with Crippen molar-refractivity contribution >= 4 is 0 Å². The Bertz CT molecular complexity index is 256. The first-order valence-corrected chi connectivity index (χ1v) is 3.43. The van der Waals surface area contributed by atoms with Gasteiger partial charge in [0, 0.05) is 0 Å². The minimum Gasteiger partial charge on any atom is -0.505 e. The van der Waals surface area contributed by atoms with Gasteiger partial charge in [0.05, 0.1) is 0 Å². The van der Waals surface area contributed by atoms with Gasteiger partial charge in [-0.25, -0.2) is 4.39 Å². The van der Waals surface area contributed by atoms with Crippen LogP contribution in [0.5, 0.6) is 5.75 Å². The van der Waals surface area contributed by atoms with Gasteiger partial charge in [-0.15, -0.1) is 0 Å². The van der Waals surface area contributed by atoms with E-state index in [1.54, 1.807) is 19.1 Å². The standard InChI is InChI=1S/C9H10FO/c1-6(2)7-4-3-5-8(11)9(7)10/h3-6,11H,1H2,2H3. The highest BCUT2D eigenvalue weighted by atomic mass is 19.1. The highest BCUT2D eigenvalue weighted by Crippen LogP contribution is 2.24. The molecule has 0 aliphatic heterocycles. The normalized spacial score (nSPS) is 10.5. The van der Waals surface area contributed by atoms with Crippen molar-refractivity contribution in [1.82, 2.24) is 0 Å². The van der Waals surface area contributed by atoms with Gasteiger partial charge >= 0.3 is 0 Å². The summed E-state index contributed by atoms with van der Waals surface area (Å²) in [5.41, 5.74) is 0.449. The summed E-state index contributed by atoms with van der Waals surface area (Å²) >= 11 is 0. The van der Waals surface area contributed by atoms with Crippen LogP contribution in [0.25, 0.3) is 0 Å². The van der Waals surface area contributed by atoms with Crippen molar-refractivity contribution in [3.63, 3.8) is 0 Å². The fourth-order valence-electron chi connectivity index (χ4n) is 0.918. The van der Waals surface area contributed by atoms with Crippen molar-refractivity contribution in [1.29, 1.82) is 0 Å². The molecule has 1 unspecified atom stereocenters. The van der Waals surface area contributed by atoms with Crippen molar-refractivity contribution in [2.75, 3.05) is 0 Å².